The largest absolute Gasteiger partial charge is 0.352 e. The van der Waals surface area contributed by atoms with E-state index in [1.165, 1.54) is 4.90 Å². The number of imide groups is 1. The fourth-order valence-corrected chi connectivity index (χ4v) is 5.88. The lowest BCUT2D eigenvalue weighted by Crippen LogP contribution is -2.51. The van der Waals surface area contributed by atoms with Crippen molar-refractivity contribution in [1.29, 1.82) is 0 Å². The zero-order valence-corrected chi connectivity index (χ0v) is 22.1. The van der Waals surface area contributed by atoms with Crippen LogP contribution in [0.4, 0.5) is 0 Å². The fraction of sp³-hybridized carbons (Fsp3) is 0.556. The van der Waals surface area contributed by atoms with Crippen LogP contribution in [-0.4, -0.2) is 52.1 Å². The summed E-state index contributed by atoms with van der Waals surface area (Å²) in [6.45, 7) is 2.06. The summed E-state index contributed by atoms with van der Waals surface area (Å²) in [6.07, 6.45) is 9.45. The van der Waals surface area contributed by atoms with Gasteiger partial charge in [0.15, 0.2) is 0 Å². The van der Waals surface area contributed by atoms with E-state index in [-0.39, 0.29) is 61.0 Å². The molecule has 4 amide bonds. The van der Waals surface area contributed by atoms with Crippen LogP contribution in [-0.2, 0) is 25.7 Å². The third-order valence-corrected chi connectivity index (χ3v) is 8.31. The van der Waals surface area contributed by atoms with Gasteiger partial charge in [-0.2, -0.15) is 0 Å². The molecule has 3 atom stereocenters. The van der Waals surface area contributed by atoms with Crippen LogP contribution < -0.4 is 5.32 Å². The molecule has 0 aromatic heterocycles. The SMILES string of the molecule is CCC(C(=O)NC1CCCC1)N(Cc1ccc(Cl)c(Cl)c1)C(=O)CCN1C(=O)[C@H]2CC=CC[C@H]2C1=O. The van der Waals surface area contributed by atoms with Gasteiger partial charge in [0, 0.05) is 25.6 Å². The Hall–Kier alpha value is -2.38. The Morgan fingerprint density at radius 1 is 1.06 bits per heavy atom. The molecule has 1 aromatic rings. The van der Waals surface area contributed by atoms with Crippen molar-refractivity contribution in [1.82, 2.24) is 15.1 Å². The maximum atomic E-state index is 13.6. The maximum absolute atomic E-state index is 13.6. The third kappa shape index (κ3) is 5.78. The molecule has 1 saturated carbocycles. The van der Waals surface area contributed by atoms with E-state index >= 15 is 0 Å². The van der Waals surface area contributed by atoms with E-state index in [2.05, 4.69) is 5.32 Å². The highest BCUT2D eigenvalue weighted by atomic mass is 35.5. The van der Waals surface area contributed by atoms with Crippen molar-refractivity contribution in [3.63, 3.8) is 0 Å². The fourth-order valence-electron chi connectivity index (χ4n) is 5.56. The summed E-state index contributed by atoms with van der Waals surface area (Å²) in [6, 6.07) is 4.59. The van der Waals surface area contributed by atoms with Crippen molar-refractivity contribution in [2.75, 3.05) is 6.54 Å². The van der Waals surface area contributed by atoms with Gasteiger partial charge in [-0.15, -0.1) is 0 Å². The van der Waals surface area contributed by atoms with Gasteiger partial charge >= 0.3 is 0 Å². The summed E-state index contributed by atoms with van der Waals surface area (Å²) in [5.74, 6) is -1.53. The van der Waals surface area contributed by atoms with Crippen LogP contribution in [0.25, 0.3) is 0 Å². The number of likely N-dealkylation sites (tertiary alicyclic amines) is 1. The third-order valence-electron chi connectivity index (χ3n) is 7.57. The lowest BCUT2D eigenvalue weighted by atomic mass is 9.85. The van der Waals surface area contributed by atoms with E-state index in [1.54, 1.807) is 23.1 Å². The lowest BCUT2D eigenvalue weighted by molar-refractivity contribution is -0.144. The van der Waals surface area contributed by atoms with Crippen molar-refractivity contribution < 1.29 is 19.2 Å². The number of amides is 4. The van der Waals surface area contributed by atoms with E-state index in [9.17, 15) is 19.2 Å². The van der Waals surface area contributed by atoms with E-state index < -0.39 is 6.04 Å². The number of halogens is 2. The Kier molecular flexibility index (Phi) is 8.73. The molecule has 9 heteroatoms. The minimum absolute atomic E-state index is 0.0159. The van der Waals surface area contributed by atoms with Crippen molar-refractivity contribution in [3.8, 4) is 0 Å². The molecule has 1 N–H and O–H groups in total. The van der Waals surface area contributed by atoms with Crippen LogP contribution in [0, 0.1) is 11.8 Å². The van der Waals surface area contributed by atoms with Crippen LogP contribution >= 0.6 is 23.2 Å². The van der Waals surface area contributed by atoms with Crippen molar-refractivity contribution in [2.45, 2.75) is 76.9 Å². The molecule has 1 saturated heterocycles. The minimum Gasteiger partial charge on any atom is -0.352 e. The monoisotopic (exact) mass is 533 g/mol. The maximum Gasteiger partial charge on any atom is 0.243 e. The zero-order valence-electron chi connectivity index (χ0n) is 20.6. The highest BCUT2D eigenvalue weighted by Gasteiger charge is 2.47. The van der Waals surface area contributed by atoms with E-state index in [1.807, 2.05) is 19.1 Å². The highest BCUT2D eigenvalue weighted by molar-refractivity contribution is 6.42. The Bertz CT molecular complexity index is 1030. The average molecular weight is 534 g/mol. The Labute approximate surface area is 222 Å². The number of carbonyl (C=O) groups excluding carboxylic acids is 4. The molecule has 2 aliphatic carbocycles. The molecule has 3 aliphatic rings. The molecule has 1 aromatic carbocycles. The van der Waals surface area contributed by atoms with Gasteiger partial charge in [-0.1, -0.05) is 61.2 Å². The summed E-state index contributed by atoms with van der Waals surface area (Å²) in [7, 11) is 0. The predicted molar refractivity (Wildman–Crippen MR) is 138 cm³/mol. The molecule has 0 radical (unpaired) electrons. The summed E-state index contributed by atoms with van der Waals surface area (Å²) >= 11 is 12.3. The standard InChI is InChI=1S/C27H33Cl2N3O4/c1-2-23(25(34)30-18-7-3-4-8-18)32(16-17-11-12-21(28)22(29)15-17)24(33)13-14-31-26(35)19-9-5-6-10-20(19)27(31)36/h5-6,11-12,15,18-20,23H,2-4,7-10,13-14,16H2,1H3,(H,30,34)/t19-,20+,23?. The molecule has 2 fully saturated rings. The van der Waals surface area contributed by atoms with E-state index in [0.29, 0.717) is 29.3 Å². The van der Waals surface area contributed by atoms with E-state index in [0.717, 1.165) is 31.2 Å². The molecule has 36 heavy (non-hydrogen) atoms. The first-order valence-corrected chi connectivity index (χ1v) is 13.6. The summed E-state index contributed by atoms with van der Waals surface area (Å²) in [4.78, 5) is 55.3. The number of carbonyl (C=O) groups is 4. The van der Waals surface area contributed by atoms with Gasteiger partial charge in [-0.05, 0) is 49.8 Å². The number of hydrogen-bond acceptors (Lipinski definition) is 4. The summed E-state index contributed by atoms with van der Waals surface area (Å²) in [5.41, 5.74) is 0.746. The van der Waals surface area contributed by atoms with Crippen LogP contribution in [0.3, 0.4) is 0 Å². The highest BCUT2D eigenvalue weighted by Crippen LogP contribution is 2.35. The first kappa shape index (κ1) is 26.7. The van der Waals surface area contributed by atoms with Crippen molar-refractivity contribution in [2.24, 2.45) is 11.8 Å². The second-order valence-corrected chi connectivity index (χ2v) is 10.7. The Morgan fingerprint density at radius 3 is 2.28 bits per heavy atom. The van der Waals surface area contributed by atoms with Gasteiger partial charge < -0.3 is 10.2 Å². The molecule has 194 valence electrons. The summed E-state index contributed by atoms with van der Waals surface area (Å²) in [5, 5.41) is 3.89. The lowest BCUT2D eigenvalue weighted by Gasteiger charge is -2.32. The molecule has 7 nitrogen and oxygen atoms in total. The number of benzene rings is 1. The van der Waals surface area contributed by atoms with Crippen LogP contribution in [0.1, 0.15) is 63.9 Å². The smallest absolute Gasteiger partial charge is 0.243 e. The van der Waals surface area contributed by atoms with E-state index in [4.69, 9.17) is 23.2 Å². The summed E-state index contributed by atoms with van der Waals surface area (Å²) < 4.78 is 0. The first-order chi connectivity index (χ1) is 17.3. The predicted octanol–water partition coefficient (Wildman–Crippen LogP) is 4.50. The van der Waals surface area contributed by atoms with Crippen molar-refractivity contribution >= 4 is 46.8 Å². The molecule has 0 spiro atoms. The van der Waals surface area contributed by atoms with Crippen LogP contribution in [0.15, 0.2) is 30.4 Å². The normalized spacial score (nSPS) is 22.6. The molecule has 1 heterocycles. The number of fused-ring (bicyclic) bond motifs is 1. The Balaban J connectivity index is 1.49. The molecule has 4 rings (SSSR count). The zero-order chi connectivity index (χ0) is 25.8. The average Bonchev–Trinajstić information content (AvgIpc) is 3.46. The second kappa shape index (κ2) is 11.8. The number of rotatable bonds is 9. The second-order valence-electron chi connectivity index (χ2n) is 9.92. The van der Waals surface area contributed by atoms with Gasteiger partial charge in [0.2, 0.25) is 23.6 Å². The molecule has 1 unspecified atom stereocenters. The number of allylic oxidation sites excluding steroid dienone is 2. The number of nitrogens with zero attached hydrogens (tertiary/aromatic N) is 2. The topological polar surface area (TPSA) is 86.8 Å². The van der Waals surface area contributed by atoms with Crippen LogP contribution in [0.5, 0.6) is 0 Å². The van der Waals surface area contributed by atoms with Gasteiger partial charge in [0.05, 0.1) is 21.9 Å². The van der Waals surface area contributed by atoms with Gasteiger partial charge in [0.1, 0.15) is 6.04 Å². The molecular formula is C27H33Cl2N3O4. The Morgan fingerprint density at radius 2 is 1.69 bits per heavy atom. The quantitative estimate of drug-likeness (QED) is 0.374. The minimum atomic E-state index is -0.677. The number of nitrogens with one attached hydrogen (secondary N) is 1. The molecule has 0 bridgehead atoms. The molecular weight excluding hydrogens is 501 g/mol. The number of hydrogen-bond donors (Lipinski definition) is 1. The van der Waals surface area contributed by atoms with Crippen molar-refractivity contribution in [3.05, 3.63) is 46.0 Å². The van der Waals surface area contributed by atoms with Gasteiger partial charge in [-0.3, -0.25) is 24.1 Å². The van der Waals surface area contributed by atoms with Crippen LogP contribution in [0.2, 0.25) is 10.0 Å². The molecule has 1 aliphatic heterocycles. The van der Waals surface area contributed by atoms with Gasteiger partial charge in [0.25, 0.3) is 0 Å². The van der Waals surface area contributed by atoms with Gasteiger partial charge in [-0.25, -0.2) is 0 Å². The first-order valence-electron chi connectivity index (χ1n) is 12.8.